The first-order valence-corrected chi connectivity index (χ1v) is 13.1. The van der Waals surface area contributed by atoms with Crippen LogP contribution < -0.4 is 0 Å². The number of rotatable bonds is 1. The van der Waals surface area contributed by atoms with E-state index in [4.69, 9.17) is 9.47 Å². The zero-order valence-corrected chi connectivity index (χ0v) is 22.2. The normalized spacial score (nSPS) is 34.3. The van der Waals surface area contributed by atoms with E-state index >= 15 is 0 Å². The Hall–Kier alpha value is -2.29. The number of hydrogen-bond donors (Lipinski definition) is 2. The minimum Gasteiger partial charge on any atom is -0.457 e. The second kappa shape index (κ2) is 10.2. The largest absolute Gasteiger partial charge is 0.457 e. The molecule has 0 amide bonds. The lowest BCUT2D eigenvalue weighted by Crippen LogP contribution is -2.45. The molecule has 0 aliphatic carbocycles. The third-order valence-corrected chi connectivity index (χ3v) is 8.39. The highest BCUT2D eigenvalue weighted by Crippen LogP contribution is 2.39. The molecule has 198 valence electrons. The van der Waals surface area contributed by atoms with Gasteiger partial charge in [-0.1, -0.05) is 40.2 Å². The fourth-order valence-electron chi connectivity index (χ4n) is 5.47. The quantitative estimate of drug-likeness (QED) is 0.452. The van der Waals surface area contributed by atoms with Crippen LogP contribution in [-0.2, 0) is 26.1 Å². The van der Waals surface area contributed by atoms with E-state index in [2.05, 4.69) is 4.98 Å². The smallest absolute Gasteiger partial charge is 0.309 e. The number of benzene rings is 1. The van der Waals surface area contributed by atoms with Gasteiger partial charge in [-0.3, -0.25) is 9.59 Å². The van der Waals surface area contributed by atoms with Gasteiger partial charge in [0.25, 0.3) is 0 Å². The fourth-order valence-corrected chi connectivity index (χ4v) is 5.47. The number of esters is 1. The number of epoxide rings is 1. The van der Waals surface area contributed by atoms with Crippen molar-refractivity contribution in [2.24, 2.45) is 24.3 Å². The maximum absolute atomic E-state index is 13.2. The molecule has 0 spiro atoms. The average Bonchev–Trinajstić information content (AvgIpc) is 3.51. The molecule has 36 heavy (non-hydrogen) atoms. The summed E-state index contributed by atoms with van der Waals surface area (Å²) in [5.74, 6) is -0.650. The van der Waals surface area contributed by atoms with Crippen LogP contribution in [0.4, 0.5) is 0 Å². The van der Waals surface area contributed by atoms with Gasteiger partial charge in [0.15, 0.2) is 0 Å². The molecule has 2 N–H and O–H groups in total. The molecule has 0 radical (unpaired) electrons. The van der Waals surface area contributed by atoms with Crippen molar-refractivity contribution in [2.45, 2.75) is 97.2 Å². The number of hydrogen-bond acceptors (Lipinski definition) is 7. The van der Waals surface area contributed by atoms with Crippen LogP contribution in [0.15, 0.2) is 18.2 Å². The van der Waals surface area contributed by atoms with Crippen molar-refractivity contribution < 1.29 is 29.3 Å². The van der Waals surface area contributed by atoms with E-state index in [1.807, 2.05) is 43.7 Å². The number of ether oxygens (including phenoxy) is 2. The number of aliphatic hydroxyl groups is 2. The Bertz CT molecular complexity index is 1120. The van der Waals surface area contributed by atoms with E-state index in [1.165, 1.54) is 0 Å². The molecule has 1 aromatic heterocycles. The molecule has 2 fully saturated rings. The summed E-state index contributed by atoms with van der Waals surface area (Å²) in [6, 6.07) is 5.88. The molecule has 0 bridgehead atoms. The van der Waals surface area contributed by atoms with E-state index in [0.717, 1.165) is 41.7 Å². The third kappa shape index (κ3) is 5.36. The lowest BCUT2D eigenvalue weighted by molar-refractivity contribution is -0.156. The standard InChI is InChI=1S/C28H40N2O6/c1-15-8-7-9-21-23(35-21)13-22(18-10-11-20-19(12-18)29-17(3)30(20)6)36-25(32)14-24(31)28(4,5)27(34)16(2)26(15)33/h10-12,15-16,21-24,26,31,33H,7-9,13-14H2,1-6H3/t15-,16+,21-,22-,23-,24-,26-/m0/s1. The SMILES string of the molecule is Cc1nc2cc([C@@H]3C[C@@H]4O[C@H]4CCC[C@H](C)[C@H](O)[C@@H](C)C(=O)C(C)(C)[C@@H](O)CC(=O)O3)ccc2n1C. The highest BCUT2D eigenvalue weighted by atomic mass is 16.6. The number of carbonyl (C=O) groups excluding carboxylic acids is 2. The van der Waals surface area contributed by atoms with Crippen LogP contribution in [0.25, 0.3) is 11.0 Å². The zero-order valence-electron chi connectivity index (χ0n) is 22.2. The number of Topliss-reactive ketones (excluding diaryl/α,β-unsaturated/α-hetero) is 1. The third-order valence-electron chi connectivity index (χ3n) is 8.39. The van der Waals surface area contributed by atoms with E-state index in [-0.39, 0.29) is 30.3 Å². The van der Waals surface area contributed by atoms with Gasteiger partial charge in [-0.05, 0) is 43.4 Å². The molecule has 2 aliphatic heterocycles. The Morgan fingerprint density at radius 1 is 1.11 bits per heavy atom. The molecule has 1 aromatic carbocycles. The van der Waals surface area contributed by atoms with Crippen LogP contribution in [0.2, 0.25) is 0 Å². The summed E-state index contributed by atoms with van der Waals surface area (Å²) in [4.78, 5) is 30.8. The van der Waals surface area contributed by atoms with Gasteiger partial charge in [0, 0.05) is 19.4 Å². The van der Waals surface area contributed by atoms with Crippen LogP contribution in [0.3, 0.4) is 0 Å². The summed E-state index contributed by atoms with van der Waals surface area (Å²) < 4.78 is 13.8. The summed E-state index contributed by atoms with van der Waals surface area (Å²) in [7, 11) is 1.96. The molecule has 2 saturated heterocycles. The molecule has 2 aromatic rings. The van der Waals surface area contributed by atoms with Gasteiger partial charge in [0.2, 0.25) is 0 Å². The first kappa shape index (κ1) is 26.8. The summed E-state index contributed by atoms with van der Waals surface area (Å²) in [5, 5.41) is 21.7. The van der Waals surface area contributed by atoms with Gasteiger partial charge in [0.1, 0.15) is 17.7 Å². The van der Waals surface area contributed by atoms with E-state index in [1.54, 1.807) is 20.8 Å². The monoisotopic (exact) mass is 500 g/mol. The second-order valence-electron chi connectivity index (χ2n) is 11.4. The fraction of sp³-hybridized carbons (Fsp3) is 0.679. The Morgan fingerprint density at radius 2 is 1.83 bits per heavy atom. The average molecular weight is 501 g/mol. The summed E-state index contributed by atoms with van der Waals surface area (Å²) in [6.45, 7) is 8.85. The maximum Gasteiger partial charge on any atom is 0.309 e. The summed E-state index contributed by atoms with van der Waals surface area (Å²) in [6.07, 6.45) is 0.196. The highest BCUT2D eigenvalue weighted by Gasteiger charge is 2.44. The van der Waals surface area contributed by atoms with Crippen LogP contribution in [0.5, 0.6) is 0 Å². The maximum atomic E-state index is 13.2. The van der Waals surface area contributed by atoms with Gasteiger partial charge in [0.05, 0.1) is 47.3 Å². The van der Waals surface area contributed by atoms with Crippen molar-refractivity contribution in [3.8, 4) is 0 Å². The van der Waals surface area contributed by atoms with E-state index < -0.39 is 35.6 Å². The van der Waals surface area contributed by atoms with Gasteiger partial charge in [-0.15, -0.1) is 0 Å². The van der Waals surface area contributed by atoms with Crippen LogP contribution in [-0.4, -0.2) is 55.9 Å². The number of aliphatic hydroxyl groups excluding tert-OH is 2. The molecule has 8 nitrogen and oxygen atoms in total. The summed E-state index contributed by atoms with van der Waals surface area (Å²) in [5.41, 5.74) is 1.45. The molecule has 7 atom stereocenters. The molecule has 0 saturated carbocycles. The van der Waals surface area contributed by atoms with Gasteiger partial charge >= 0.3 is 5.97 Å². The Morgan fingerprint density at radius 3 is 2.56 bits per heavy atom. The van der Waals surface area contributed by atoms with Crippen molar-refractivity contribution in [3.63, 3.8) is 0 Å². The molecule has 0 unspecified atom stereocenters. The molecule has 3 heterocycles. The number of ketones is 1. The van der Waals surface area contributed by atoms with Gasteiger partial charge in [-0.2, -0.15) is 0 Å². The number of aromatic nitrogens is 2. The predicted molar refractivity (Wildman–Crippen MR) is 135 cm³/mol. The Labute approximate surface area is 213 Å². The predicted octanol–water partition coefficient (Wildman–Crippen LogP) is 3.79. The molecule has 2 aliphatic rings. The van der Waals surface area contributed by atoms with Crippen molar-refractivity contribution in [2.75, 3.05) is 0 Å². The highest BCUT2D eigenvalue weighted by molar-refractivity contribution is 5.88. The number of cyclic esters (lactones) is 1. The number of nitrogens with zero attached hydrogens (tertiary/aromatic N) is 2. The van der Waals surface area contributed by atoms with Crippen molar-refractivity contribution >= 4 is 22.8 Å². The molecular formula is C28H40N2O6. The molecular weight excluding hydrogens is 460 g/mol. The molecule has 4 rings (SSSR count). The van der Waals surface area contributed by atoms with Crippen LogP contribution in [0, 0.1) is 24.2 Å². The zero-order chi connectivity index (χ0) is 26.4. The number of carbonyl (C=O) groups is 2. The summed E-state index contributed by atoms with van der Waals surface area (Å²) >= 11 is 0. The van der Waals surface area contributed by atoms with E-state index in [9.17, 15) is 19.8 Å². The van der Waals surface area contributed by atoms with Crippen molar-refractivity contribution in [1.29, 1.82) is 0 Å². The lowest BCUT2D eigenvalue weighted by atomic mass is 9.73. The first-order valence-electron chi connectivity index (χ1n) is 13.1. The first-order chi connectivity index (χ1) is 16.9. The Kier molecular flexibility index (Phi) is 7.60. The van der Waals surface area contributed by atoms with Crippen LogP contribution in [0.1, 0.15) is 77.3 Å². The lowest BCUT2D eigenvalue weighted by Gasteiger charge is -2.34. The number of fused-ring (bicyclic) bond motifs is 2. The van der Waals surface area contributed by atoms with Crippen molar-refractivity contribution in [1.82, 2.24) is 9.55 Å². The number of imidazole rings is 1. The minimum atomic E-state index is -1.23. The van der Waals surface area contributed by atoms with Crippen molar-refractivity contribution in [3.05, 3.63) is 29.6 Å². The van der Waals surface area contributed by atoms with Gasteiger partial charge < -0.3 is 24.3 Å². The topological polar surface area (TPSA) is 114 Å². The van der Waals surface area contributed by atoms with E-state index in [0.29, 0.717) is 6.42 Å². The minimum absolute atomic E-state index is 0.0148. The van der Waals surface area contributed by atoms with Crippen LogP contribution >= 0.6 is 0 Å². The molecule has 8 heteroatoms. The Balaban J connectivity index is 1.60. The van der Waals surface area contributed by atoms with Gasteiger partial charge in [-0.25, -0.2) is 4.98 Å². The number of aryl methyl sites for hydroxylation is 2. The second-order valence-corrected chi connectivity index (χ2v) is 11.4.